The highest BCUT2D eigenvalue weighted by Gasteiger charge is 2.35. The summed E-state index contributed by atoms with van der Waals surface area (Å²) in [6.45, 7) is -0.437. The van der Waals surface area contributed by atoms with Gasteiger partial charge in [0.05, 0.1) is 5.69 Å². The first-order valence-electron chi connectivity index (χ1n) is 6.85. The Morgan fingerprint density at radius 2 is 1.92 bits per heavy atom. The average molecular weight is 354 g/mol. The SMILES string of the molecule is O=C1CN(c2ccc(Cc3cc(F)ccc3F)cc2O)S(=O)(=O)N1. The summed E-state index contributed by atoms with van der Waals surface area (Å²) in [6.07, 6.45) is 0.0152. The first kappa shape index (κ1) is 16.2. The van der Waals surface area contributed by atoms with Crippen LogP contribution in [0.5, 0.6) is 5.75 Å². The number of phenolic OH excluding ortho intramolecular Hbond substituents is 1. The van der Waals surface area contributed by atoms with Gasteiger partial charge in [-0.15, -0.1) is 0 Å². The molecule has 2 aromatic rings. The van der Waals surface area contributed by atoms with Crippen molar-refractivity contribution < 1.29 is 27.1 Å². The predicted octanol–water partition coefficient (Wildman–Crippen LogP) is 1.44. The summed E-state index contributed by atoms with van der Waals surface area (Å²) in [4.78, 5) is 11.2. The van der Waals surface area contributed by atoms with Crippen molar-refractivity contribution in [3.63, 3.8) is 0 Å². The number of halogens is 2. The molecule has 24 heavy (non-hydrogen) atoms. The number of carbonyl (C=O) groups is 1. The maximum Gasteiger partial charge on any atom is 0.326 e. The highest BCUT2D eigenvalue weighted by atomic mass is 32.2. The van der Waals surface area contributed by atoms with Gasteiger partial charge >= 0.3 is 10.2 Å². The van der Waals surface area contributed by atoms with E-state index in [1.807, 2.05) is 0 Å². The van der Waals surface area contributed by atoms with Gasteiger partial charge in [-0.25, -0.2) is 17.8 Å². The molecular formula is C15H12F2N2O4S. The second-order valence-corrected chi connectivity index (χ2v) is 6.87. The van der Waals surface area contributed by atoms with Gasteiger partial charge in [0.1, 0.15) is 23.9 Å². The van der Waals surface area contributed by atoms with Crippen LogP contribution < -0.4 is 9.03 Å². The van der Waals surface area contributed by atoms with Gasteiger partial charge in [0.25, 0.3) is 5.91 Å². The van der Waals surface area contributed by atoms with E-state index in [1.54, 1.807) is 4.72 Å². The van der Waals surface area contributed by atoms with Gasteiger partial charge in [0.2, 0.25) is 0 Å². The van der Waals surface area contributed by atoms with Gasteiger partial charge in [0, 0.05) is 6.42 Å². The lowest BCUT2D eigenvalue weighted by Gasteiger charge is -2.16. The molecule has 1 amide bonds. The Morgan fingerprint density at radius 3 is 2.54 bits per heavy atom. The lowest BCUT2D eigenvalue weighted by Crippen LogP contribution is -2.29. The van der Waals surface area contributed by atoms with Crippen LogP contribution in [0, 0.1) is 11.6 Å². The molecule has 9 heteroatoms. The number of nitrogens with zero attached hydrogens (tertiary/aromatic N) is 1. The molecule has 0 radical (unpaired) electrons. The molecule has 0 atom stereocenters. The summed E-state index contributed by atoms with van der Waals surface area (Å²) >= 11 is 0. The molecule has 1 aliphatic rings. The van der Waals surface area contributed by atoms with E-state index >= 15 is 0 Å². The quantitative estimate of drug-likeness (QED) is 0.873. The van der Waals surface area contributed by atoms with Crippen LogP contribution in [0.4, 0.5) is 14.5 Å². The average Bonchev–Trinajstić information content (AvgIpc) is 2.76. The number of hydrogen-bond acceptors (Lipinski definition) is 4. The zero-order valence-electron chi connectivity index (χ0n) is 12.2. The Kier molecular flexibility index (Phi) is 3.88. The minimum Gasteiger partial charge on any atom is -0.506 e. The fourth-order valence-corrected chi connectivity index (χ4v) is 3.61. The number of amides is 1. The Morgan fingerprint density at radius 1 is 1.17 bits per heavy atom. The van der Waals surface area contributed by atoms with Gasteiger partial charge in [-0.3, -0.25) is 4.79 Å². The number of aromatic hydroxyl groups is 1. The number of nitrogens with one attached hydrogen (secondary N) is 1. The maximum atomic E-state index is 13.7. The summed E-state index contributed by atoms with van der Waals surface area (Å²) in [5, 5.41) is 10.1. The first-order chi connectivity index (χ1) is 11.3. The molecule has 6 nitrogen and oxygen atoms in total. The van der Waals surface area contributed by atoms with E-state index in [4.69, 9.17) is 0 Å². The molecule has 2 aromatic carbocycles. The van der Waals surface area contributed by atoms with Crippen molar-refractivity contribution in [2.24, 2.45) is 0 Å². The monoisotopic (exact) mass is 354 g/mol. The number of benzene rings is 2. The second kappa shape index (κ2) is 5.75. The smallest absolute Gasteiger partial charge is 0.326 e. The number of rotatable bonds is 3. The molecule has 1 saturated heterocycles. The van der Waals surface area contributed by atoms with Crippen molar-refractivity contribution in [1.82, 2.24) is 4.72 Å². The van der Waals surface area contributed by atoms with E-state index in [9.17, 15) is 27.1 Å². The Hall–Kier alpha value is -2.68. The zero-order chi connectivity index (χ0) is 17.5. The van der Waals surface area contributed by atoms with Gasteiger partial charge in [-0.1, -0.05) is 6.07 Å². The van der Waals surface area contributed by atoms with Crippen molar-refractivity contribution in [1.29, 1.82) is 0 Å². The van der Waals surface area contributed by atoms with E-state index in [0.29, 0.717) is 5.56 Å². The third kappa shape index (κ3) is 3.02. The molecule has 1 fully saturated rings. The van der Waals surface area contributed by atoms with Crippen LogP contribution in [0.3, 0.4) is 0 Å². The fraction of sp³-hybridized carbons (Fsp3) is 0.133. The third-order valence-corrected chi connectivity index (χ3v) is 4.92. The second-order valence-electron chi connectivity index (χ2n) is 5.27. The Bertz CT molecular complexity index is 931. The van der Waals surface area contributed by atoms with Crippen molar-refractivity contribution >= 4 is 21.8 Å². The van der Waals surface area contributed by atoms with Crippen LogP contribution in [0.2, 0.25) is 0 Å². The highest BCUT2D eigenvalue weighted by Crippen LogP contribution is 2.32. The van der Waals surface area contributed by atoms with E-state index in [0.717, 1.165) is 22.5 Å². The largest absolute Gasteiger partial charge is 0.506 e. The molecule has 2 N–H and O–H groups in total. The maximum absolute atomic E-state index is 13.7. The third-order valence-electron chi connectivity index (χ3n) is 3.53. The lowest BCUT2D eigenvalue weighted by molar-refractivity contribution is -0.117. The number of phenols is 1. The first-order valence-corrected chi connectivity index (χ1v) is 8.29. The van der Waals surface area contributed by atoms with Crippen molar-refractivity contribution in [3.05, 3.63) is 59.2 Å². The zero-order valence-corrected chi connectivity index (χ0v) is 13.0. The van der Waals surface area contributed by atoms with Crippen LogP contribution in [-0.2, 0) is 21.4 Å². The minimum absolute atomic E-state index is 0.0152. The standard InChI is InChI=1S/C15H12F2N2O4S/c16-11-2-3-12(17)10(7-11)5-9-1-4-13(14(20)6-9)19-8-15(21)18-24(19,22)23/h1-4,6-7,20H,5,8H2,(H,18,21). The summed E-state index contributed by atoms with van der Waals surface area (Å²) in [5.41, 5.74) is 0.487. The van der Waals surface area contributed by atoms with Crippen LogP contribution >= 0.6 is 0 Å². The molecule has 126 valence electrons. The summed E-state index contributed by atoms with van der Waals surface area (Å²) in [5.74, 6) is -2.26. The minimum atomic E-state index is -4.03. The molecule has 0 unspecified atom stereocenters. The Labute approximate surface area is 136 Å². The lowest BCUT2D eigenvalue weighted by atomic mass is 10.0. The molecule has 1 heterocycles. The van der Waals surface area contributed by atoms with Crippen LogP contribution in [0.25, 0.3) is 0 Å². The highest BCUT2D eigenvalue weighted by molar-refractivity contribution is 7.92. The molecule has 3 rings (SSSR count). The topological polar surface area (TPSA) is 86.7 Å². The molecular weight excluding hydrogens is 342 g/mol. The van der Waals surface area contributed by atoms with E-state index in [2.05, 4.69) is 0 Å². The molecule has 0 aliphatic carbocycles. The molecule has 0 aromatic heterocycles. The molecule has 0 bridgehead atoms. The van der Waals surface area contributed by atoms with Gasteiger partial charge in [0.15, 0.2) is 0 Å². The van der Waals surface area contributed by atoms with E-state index in [-0.39, 0.29) is 23.4 Å². The normalized spacial score (nSPS) is 16.2. The van der Waals surface area contributed by atoms with E-state index < -0.39 is 34.3 Å². The van der Waals surface area contributed by atoms with Gasteiger partial charge in [-0.05, 0) is 41.5 Å². The van der Waals surface area contributed by atoms with Crippen molar-refractivity contribution in [2.45, 2.75) is 6.42 Å². The van der Waals surface area contributed by atoms with Crippen molar-refractivity contribution in [3.8, 4) is 5.75 Å². The van der Waals surface area contributed by atoms with Gasteiger partial charge < -0.3 is 5.11 Å². The Balaban J connectivity index is 1.91. The van der Waals surface area contributed by atoms with Crippen molar-refractivity contribution in [2.75, 3.05) is 10.8 Å². The number of hydrogen-bond donors (Lipinski definition) is 2. The predicted molar refractivity (Wildman–Crippen MR) is 81.7 cm³/mol. The fourth-order valence-electron chi connectivity index (χ4n) is 2.45. The molecule has 1 aliphatic heterocycles. The van der Waals surface area contributed by atoms with Crippen LogP contribution in [0.15, 0.2) is 36.4 Å². The van der Waals surface area contributed by atoms with Crippen LogP contribution in [-0.4, -0.2) is 26.0 Å². The van der Waals surface area contributed by atoms with Crippen LogP contribution in [0.1, 0.15) is 11.1 Å². The summed E-state index contributed by atoms with van der Waals surface area (Å²) in [6, 6.07) is 7.08. The van der Waals surface area contributed by atoms with Gasteiger partial charge in [-0.2, -0.15) is 8.42 Å². The summed E-state index contributed by atoms with van der Waals surface area (Å²) in [7, 11) is -4.03. The number of carbonyl (C=O) groups excluding carboxylic acids is 1. The van der Waals surface area contributed by atoms with E-state index in [1.165, 1.54) is 18.2 Å². The summed E-state index contributed by atoms with van der Waals surface area (Å²) < 4.78 is 52.9. The molecule has 0 saturated carbocycles. The number of anilines is 1. The molecule has 0 spiro atoms.